The Hall–Kier alpha value is -2.63. The second-order valence-corrected chi connectivity index (χ2v) is 8.15. The fourth-order valence-corrected chi connectivity index (χ4v) is 4.01. The highest BCUT2D eigenvalue weighted by Gasteiger charge is 2.17. The van der Waals surface area contributed by atoms with Crippen LogP contribution in [0.3, 0.4) is 0 Å². The average molecular weight is 381 g/mol. The summed E-state index contributed by atoms with van der Waals surface area (Å²) < 4.78 is 33.6. The molecule has 0 aliphatic rings. The van der Waals surface area contributed by atoms with Gasteiger partial charge in [-0.2, -0.15) is 0 Å². The second kappa shape index (κ2) is 8.84. The third-order valence-electron chi connectivity index (χ3n) is 4.18. The van der Waals surface area contributed by atoms with Gasteiger partial charge in [-0.15, -0.1) is 0 Å². The molecule has 1 unspecified atom stereocenters. The van der Waals surface area contributed by atoms with Gasteiger partial charge in [0.05, 0.1) is 4.90 Å². The molecule has 0 saturated carbocycles. The zero-order valence-corrected chi connectivity index (χ0v) is 16.0. The summed E-state index contributed by atoms with van der Waals surface area (Å²) in [7, 11) is -3.56. The summed E-state index contributed by atoms with van der Waals surface area (Å²) in [6.07, 6.45) is 1.56. The van der Waals surface area contributed by atoms with E-state index in [1.54, 1.807) is 24.3 Å². The minimum Gasteiger partial charge on any atom is -0.457 e. The molecule has 4 nitrogen and oxygen atoms in total. The number of ether oxygens (including phenoxy) is 1. The first-order chi connectivity index (χ1) is 13.0. The van der Waals surface area contributed by atoms with E-state index in [4.69, 9.17) is 4.74 Å². The van der Waals surface area contributed by atoms with Gasteiger partial charge in [0.15, 0.2) is 0 Å². The van der Waals surface area contributed by atoms with Gasteiger partial charge in [0.2, 0.25) is 10.0 Å². The Morgan fingerprint density at radius 3 is 2.00 bits per heavy atom. The van der Waals surface area contributed by atoms with E-state index < -0.39 is 10.0 Å². The van der Waals surface area contributed by atoms with E-state index in [-0.39, 0.29) is 10.9 Å². The molecule has 0 radical (unpaired) electrons. The maximum Gasteiger partial charge on any atom is 0.240 e. The molecule has 3 aromatic carbocycles. The van der Waals surface area contributed by atoms with Crippen molar-refractivity contribution in [3.8, 4) is 11.5 Å². The molecule has 3 aromatic rings. The lowest BCUT2D eigenvalue weighted by Gasteiger charge is -2.14. The molecule has 27 heavy (non-hydrogen) atoms. The summed E-state index contributed by atoms with van der Waals surface area (Å²) in [4.78, 5) is 0.231. The number of nitrogens with one attached hydrogen (secondary N) is 1. The van der Waals surface area contributed by atoms with Crippen molar-refractivity contribution in [3.05, 3.63) is 90.5 Å². The normalized spacial score (nSPS) is 12.5. The van der Waals surface area contributed by atoms with Crippen molar-refractivity contribution >= 4 is 10.0 Å². The molecule has 0 bridgehead atoms. The Morgan fingerprint density at radius 2 is 1.37 bits per heavy atom. The van der Waals surface area contributed by atoms with Gasteiger partial charge in [-0.1, -0.05) is 48.5 Å². The van der Waals surface area contributed by atoms with E-state index in [0.717, 1.165) is 12.8 Å². The van der Waals surface area contributed by atoms with E-state index in [0.29, 0.717) is 11.5 Å². The number of rotatable bonds is 8. The Balaban J connectivity index is 1.59. The van der Waals surface area contributed by atoms with Crippen molar-refractivity contribution in [2.75, 3.05) is 0 Å². The Kier molecular flexibility index (Phi) is 6.27. The molecule has 5 heteroatoms. The summed E-state index contributed by atoms with van der Waals surface area (Å²) in [5, 5.41) is 0. The number of para-hydroxylation sites is 1. The van der Waals surface area contributed by atoms with Crippen LogP contribution in [0.4, 0.5) is 0 Å². The van der Waals surface area contributed by atoms with E-state index in [9.17, 15) is 8.42 Å². The molecule has 0 aliphatic carbocycles. The Labute approximate surface area is 160 Å². The lowest BCUT2D eigenvalue weighted by atomic mass is 10.1. The van der Waals surface area contributed by atoms with Crippen LogP contribution in [0.25, 0.3) is 0 Å². The van der Waals surface area contributed by atoms with Crippen LogP contribution in [0.2, 0.25) is 0 Å². The van der Waals surface area contributed by atoms with E-state index >= 15 is 0 Å². The molecule has 0 spiro atoms. The maximum atomic E-state index is 12.6. The smallest absolute Gasteiger partial charge is 0.240 e. The molecule has 0 aromatic heterocycles. The second-order valence-electron chi connectivity index (χ2n) is 6.43. The highest BCUT2D eigenvalue weighted by Crippen LogP contribution is 2.22. The summed E-state index contributed by atoms with van der Waals surface area (Å²) in [6, 6.07) is 25.7. The van der Waals surface area contributed by atoms with Gasteiger partial charge in [-0.25, -0.2) is 13.1 Å². The minimum atomic E-state index is -3.56. The zero-order valence-electron chi connectivity index (χ0n) is 15.2. The van der Waals surface area contributed by atoms with Crippen LogP contribution in [0, 0.1) is 0 Å². The zero-order chi connectivity index (χ0) is 19.1. The Bertz CT molecular complexity index is 940. The van der Waals surface area contributed by atoms with E-state index in [1.165, 1.54) is 5.56 Å². The molecule has 0 heterocycles. The lowest BCUT2D eigenvalue weighted by molar-refractivity contribution is 0.482. The molecule has 3 rings (SSSR count). The molecule has 0 fully saturated rings. The first-order valence-corrected chi connectivity index (χ1v) is 10.4. The van der Waals surface area contributed by atoms with Gasteiger partial charge in [-0.05, 0) is 61.7 Å². The minimum absolute atomic E-state index is 0.157. The maximum absolute atomic E-state index is 12.6. The van der Waals surface area contributed by atoms with Crippen molar-refractivity contribution < 1.29 is 13.2 Å². The SMILES string of the molecule is CC(CCc1ccccc1)NS(=O)(=O)c1ccc(Oc2ccccc2)cc1. The van der Waals surface area contributed by atoms with Crippen LogP contribution in [-0.4, -0.2) is 14.5 Å². The van der Waals surface area contributed by atoms with Gasteiger partial charge in [0.25, 0.3) is 0 Å². The quantitative estimate of drug-likeness (QED) is 0.611. The summed E-state index contributed by atoms with van der Waals surface area (Å²) in [5.41, 5.74) is 1.20. The first-order valence-electron chi connectivity index (χ1n) is 8.92. The van der Waals surface area contributed by atoms with Crippen molar-refractivity contribution in [3.63, 3.8) is 0 Å². The van der Waals surface area contributed by atoms with Crippen molar-refractivity contribution in [1.29, 1.82) is 0 Å². The molecule has 140 valence electrons. The summed E-state index contributed by atoms with van der Waals surface area (Å²) >= 11 is 0. The fourth-order valence-electron chi connectivity index (χ4n) is 2.73. The van der Waals surface area contributed by atoms with Crippen LogP contribution in [-0.2, 0) is 16.4 Å². The van der Waals surface area contributed by atoms with Crippen molar-refractivity contribution in [1.82, 2.24) is 4.72 Å². The van der Waals surface area contributed by atoms with Crippen LogP contribution >= 0.6 is 0 Å². The predicted octanol–water partition coefficient (Wildman–Crippen LogP) is 4.78. The third-order valence-corrected chi connectivity index (χ3v) is 5.78. The summed E-state index contributed by atoms with van der Waals surface area (Å²) in [6.45, 7) is 1.88. The lowest BCUT2D eigenvalue weighted by Crippen LogP contribution is -2.32. The molecule has 0 amide bonds. The molecular weight excluding hydrogens is 358 g/mol. The van der Waals surface area contributed by atoms with Gasteiger partial charge in [-0.3, -0.25) is 0 Å². The molecule has 1 atom stereocenters. The highest BCUT2D eigenvalue weighted by molar-refractivity contribution is 7.89. The van der Waals surface area contributed by atoms with Crippen LogP contribution < -0.4 is 9.46 Å². The predicted molar refractivity (Wildman–Crippen MR) is 108 cm³/mol. The third kappa shape index (κ3) is 5.67. The van der Waals surface area contributed by atoms with E-state index in [2.05, 4.69) is 4.72 Å². The highest BCUT2D eigenvalue weighted by atomic mass is 32.2. The Morgan fingerprint density at radius 1 is 0.815 bits per heavy atom. The van der Waals surface area contributed by atoms with Crippen LogP contribution in [0.1, 0.15) is 18.9 Å². The summed E-state index contributed by atoms with van der Waals surface area (Å²) in [5.74, 6) is 1.30. The van der Waals surface area contributed by atoms with Crippen molar-refractivity contribution in [2.24, 2.45) is 0 Å². The van der Waals surface area contributed by atoms with Gasteiger partial charge in [0, 0.05) is 6.04 Å². The van der Waals surface area contributed by atoms with Gasteiger partial charge < -0.3 is 4.74 Å². The topological polar surface area (TPSA) is 55.4 Å². The van der Waals surface area contributed by atoms with Gasteiger partial charge >= 0.3 is 0 Å². The molecular formula is C22H23NO3S. The monoisotopic (exact) mass is 381 g/mol. The number of benzene rings is 3. The average Bonchev–Trinajstić information content (AvgIpc) is 2.68. The number of hydrogen-bond donors (Lipinski definition) is 1. The largest absolute Gasteiger partial charge is 0.457 e. The van der Waals surface area contributed by atoms with Gasteiger partial charge in [0.1, 0.15) is 11.5 Å². The van der Waals surface area contributed by atoms with E-state index in [1.807, 2.05) is 67.6 Å². The number of hydrogen-bond acceptors (Lipinski definition) is 3. The standard InChI is InChI=1S/C22H23NO3S/c1-18(12-13-19-8-4-2-5-9-19)23-27(24,25)22-16-14-21(15-17-22)26-20-10-6-3-7-11-20/h2-11,14-18,23H,12-13H2,1H3. The number of sulfonamides is 1. The van der Waals surface area contributed by atoms with Crippen LogP contribution in [0.15, 0.2) is 89.8 Å². The number of aryl methyl sites for hydroxylation is 1. The molecule has 1 N–H and O–H groups in total. The van der Waals surface area contributed by atoms with Crippen molar-refractivity contribution in [2.45, 2.75) is 30.7 Å². The molecule has 0 aliphatic heterocycles. The fraction of sp³-hybridized carbons (Fsp3) is 0.182. The first kappa shape index (κ1) is 19.1. The van der Waals surface area contributed by atoms with Crippen LogP contribution in [0.5, 0.6) is 11.5 Å². The molecule has 0 saturated heterocycles.